The van der Waals surface area contributed by atoms with Gasteiger partial charge in [0.1, 0.15) is 17.7 Å². The zero-order chi connectivity index (χ0) is 13.7. The molecule has 0 spiro atoms. The fraction of sp³-hybridized carbons (Fsp3) is 0.250. The Hall–Kier alpha value is -1.87. The number of rotatable bonds is 5. The molecule has 1 N–H and O–H groups in total. The first-order valence-electron chi connectivity index (χ1n) is 6.37. The minimum atomic E-state index is -0.811. The van der Waals surface area contributed by atoms with Crippen molar-refractivity contribution in [3.8, 4) is 5.75 Å². The first-order chi connectivity index (χ1) is 9.22. The number of halogens is 1. The minimum Gasteiger partial charge on any atom is -0.493 e. The van der Waals surface area contributed by atoms with Crippen LogP contribution in [0.1, 0.15) is 30.6 Å². The van der Waals surface area contributed by atoms with Gasteiger partial charge in [0.25, 0.3) is 0 Å². The number of benzene rings is 2. The first kappa shape index (κ1) is 13.6. The van der Waals surface area contributed by atoms with Gasteiger partial charge < -0.3 is 9.84 Å². The Morgan fingerprint density at radius 2 is 1.89 bits per heavy atom. The molecule has 0 heterocycles. The van der Waals surface area contributed by atoms with Gasteiger partial charge in [-0.3, -0.25) is 0 Å². The van der Waals surface area contributed by atoms with Gasteiger partial charge in [-0.1, -0.05) is 37.3 Å². The van der Waals surface area contributed by atoms with Crippen LogP contribution in [0.2, 0.25) is 0 Å². The maximum Gasteiger partial charge on any atom is 0.128 e. The van der Waals surface area contributed by atoms with Gasteiger partial charge in [-0.15, -0.1) is 0 Å². The number of hydrogen-bond donors (Lipinski definition) is 1. The molecule has 0 aliphatic carbocycles. The molecule has 2 aromatic carbocycles. The first-order valence-corrected chi connectivity index (χ1v) is 6.37. The summed E-state index contributed by atoms with van der Waals surface area (Å²) in [5.41, 5.74) is 1.34. The van der Waals surface area contributed by atoms with Crippen molar-refractivity contribution in [2.24, 2.45) is 0 Å². The van der Waals surface area contributed by atoms with Gasteiger partial charge >= 0.3 is 0 Å². The molecular weight excluding hydrogens is 243 g/mol. The summed E-state index contributed by atoms with van der Waals surface area (Å²) in [4.78, 5) is 0. The van der Waals surface area contributed by atoms with Crippen molar-refractivity contribution in [3.05, 3.63) is 65.5 Å². The van der Waals surface area contributed by atoms with Crippen molar-refractivity contribution in [3.63, 3.8) is 0 Å². The summed E-state index contributed by atoms with van der Waals surface area (Å²) >= 11 is 0. The molecule has 0 saturated carbocycles. The topological polar surface area (TPSA) is 29.5 Å². The summed E-state index contributed by atoms with van der Waals surface area (Å²) in [6.07, 6.45) is 0.0193. The molecule has 2 rings (SSSR count). The van der Waals surface area contributed by atoms with Crippen molar-refractivity contribution < 1.29 is 14.2 Å². The predicted octanol–water partition coefficient (Wildman–Crippen LogP) is 3.70. The highest BCUT2D eigenvalue weighted by Gasteiger charge is 2.16. The number of aliphatic hydroxyl groups is 1. The van der Waals surface area contributed by atoms with Crippen LogP contribution in [0, 0.1) is 5.82 Å². The molecule has 0 radical (unpaired) electrons. The standard InChI is InChI=1S/C16H17FO2/c1-2-10-19-15-11-13(17)8-9-14(15)16(18)12-6-4-3-5-7-12/h3-9,11,16,18H,2,10H2,1H3. The van der Waals surface area contributed by atoms with Gasteiger partial charge in [-0.05, 0) is 24.1 Å². The highest BCUT2D eigenvalue weighted by Crippen LogP contribution is 2.30. The van der Waals surface area contributed by atoms with Crippen LogP contribution in [0.3, 0.4) is 0 Å². The van der Waals surface area contributed by atoms with Crippen LogP contribution in [-0.4, -0.2) is 11.7 Å². The van der Waals surface area contributed by atoms with E-state index in [0.29, 0.717) is 17.9 Å². The van der Waals surface area contributed by atoms with Gasteiger partial charge in [-0.2, -0.15) is 0 Å². The van der Waals surface area contributed by atoms with Crippen LogP contribution in [0.15, 0.2) is 48.5 Å². The average molecular weight is 260 g/mol. The Morgan fingerprint density at radius 1 is 1.16 bits per heavy atom. The third-order valence-corrected chi connectivity index (χ3v) is 2.85. The Bertz CT molecular complexity index is 526. The number of ether oxygens (including phenoxy) is 1. The van der Waals surface area contributed by atoms with Crippen molar-refractivity contribution in [1.29, 1.82) is 0 Å². The minimum absolute atomic E-state index is 0.366. The van der Waals surface area contributed by atoms with Crippen LogP contribution >= 0.6 is 0 Å². The Labute approximate surface area is 112 Å². The molecule has 100 valence electrons. The van der Waals surface area contributed by atoms with Crippen molar-refractivity contribution >= 4 is 0 Å². The molecule has 0 aromatic heterocycles. The second kappa shape index (κ2) is 6.34. The van der Waals surface area contributed by atoms with E-state index in [1.165, 1.54) is 12.1 Å². The molecule has 0 saturated heterocycles. The number of aliphatic hydroxyl groups excluding tert-OH is 1. The van der Waals surface area contributed by atoms with Crippen LogP contribution in [0.4, 0.5) is 4.39 Å². The van der Waals surface area contributed by atoms with Gasteiger partial charge in [-0.25, -0.2) is 4.39 Å². The summed E-state index contributed by atoms with van der Waals surface area (Å²) in [6, 6.07) is 13.5. The van der Waals surface area contributed by atoms with Crippen molar-refractivity contribution in [2.45, 2.75) is 19.4 Å². The molecule has 1 atom stereocenters. The number of hydrogen-bond acceptors (Lipinski definition) is 2. The molecule has 2 nitrogen and oxygen atoms in total. The average Bonchev–Trinajstić information content (AvgIpc) is 2.45. The zero-order valence-corrected chi connectivity index (χ0v) is 10.8. The summed E-state index contributed by atoms with van der Waals surface area (Å²) < 4.78 is 18.8. The third kappa shape index (κ3) is 3.32. The van der Waals surface area contributed by atoms with E-state index in [1.54, 1.807) is 6.07 Å². The quantitative estimate of drug-likeness (QED) is 0.888. The van der Waals surface area contributed by atoms with E-state index < -0.39 is 6.10 Å². The van der Waals surface area contributed by atoms with Crippen LogP contribution in [0.5, 0.6) is 5.75 Å². The highest BCUT2D eigenvalue weighted by molar-refractivity contribution is 5.40. The fourth-order valence-corrected chi connectivity index (χ4v) is 1.89. The molecule has 2 aromatic rings. The smallest absolute Gasteiger partial charge is 0.128 e. The van der Waals surface area contributed by atoms with E-state index in [9.17, 15) is 9.50 Å². The molecule has 0 bridgehead atoms. The fourth-order valence-electron chi connectivity index (χ4n) is 1.89. The molecular formula is C16H17FO2. The Morgan fingerprint density at radius 3 is 2.58 bits per heavy atom. The molecule has 19 heavy (non-hydrogen) atoms. The molecule has 3 heteroatoms. The molecule has 0 amide bonds. The SMILES string of the molecule is CCCOc1cc(F)ccc1C(O)c1ccccc1. The highest BCUT2D eigenvalue weighted by atomic mass is 19.1. The molecule has 0 aliphatic heterocycles. The third-order valence-electron chi connectivity index (χ3n) is 2.85. The predicted molar refractivity (Wildman–Crippen MR) is 72.7 cm³/mol. The summed E-state index contributed by atoms with van der Waals surface area (Å²) in [6.45, 7) is 2.48. The largest absolute Gasteiger partial charge is 0.493 e. The normalized spacial score (nSPS) is 12.2. The van der Waals surface area contributed by atoms with E-state index in [2.05, 4.69) is 0 Å². The molecule has 0 fully saturated rings. The summed E-state index contributed by atoms with van der Waals surface area (Å²) in [5, 5.41) is 10.4. The van der Waals surface area contributed by atoms with Gasteiger partial charge in [0.2, 0.25) is 0 Å². The monoisotopic (exact) mass is 260 g/mol. The van der Waals surface area contributed by atoms with E-state index in [-0.39, 0.29) is 5.82 Å². The second-order valence-electron chi connectivity index (χ2n) is 4.34. The lowest BCUT2D eigenvalue weighted by molar-refractivity contribution is 0.210. The van der Waals surface area contributed by atoms with Crippen LogP contribution in [-0.2, 0) is 0 Å². The maximum absolute atomic E-state index is 13.3. The van der Waals surface area contributed by atoms with E-state index in [1.807, 2.05) is 37.3 Å². The Kier molecular flexibility index (Phi) is 4.53. The lowest BCUT2D eigenvalue weighted by Gasteiger charge is -2.16. The lowest BCUT2D eigenvalue weighted by Crippen LogP contribution is -2.05. The summed E-state index contributed by atoms with van der Waals surface area (Å²) in [5.74, 6) is 0.0355. The van der Waals surface area contributed by atoms with Gasteiger partial charge in [0, 0.05) is 11.6 Å². The second-order valence-corrected chi connectivity index (χ2v) is 4.34. The van der Waals surface area contributed by atoms with Crippen molar-refractivity contribution in [1.82, 2.24) is 0 Å². The Balaban J connectivity index is 2.32. The van der Waals surface area contributed by atoms with E-state index in [4.69, 9.17) is 4.74 Å². The lowest BCUT2D eigenvalue weighted by atomic mass is 10.0. The maximum atomic E-state index is 13.3. The van der Waals surface area contributed by atoms with Gasteiger partial charge in [0.05, 0.1) is 6.61 Å². The van der Waals surface area contributed by atoms with Crippen LogP contribution < -0.4 is 4.74 Å². The van der Waals surface area contributed by atoms with E-state index in [0.717, 1.165) is 12.0 Å². The molecule has 1 unspecified atom stereocenters. The van der Waals surface area contributed by atoms with Crippen LogP contribution in [0.25, 0.3) is 0 Å². The zero-order valence-electron chi connectivity index (χ0n) is 10.8. The summed E-state index contributed by atoms with van der Waals surface area (Å²) in [7, 11) is 0. The van der Waals surface area contributed by atoms with Gasteiger partial charge in [0.15, 0.2) is 0 Å². The van der Waals surface area contributed by atoms with Crippen molar-refractivity contribution in [2.75, 3.05) is 6.61 Å². The van der Waals surface area contributed by atoms with E-state index >= 15 is 0 Å². The molecule has 0 aliphatic rings.